The third-order valence-corrected chi connectivity index (χ3v) is 5.72. The second kappa shape index (κ2) is 6.72. The number of sulfonamides is 1. The number of halogens is 1. The van der Waals surface area contributed by atoms with Gasteiger partial charge in [0.15, 0.2) is 5.82 Å². The molecule has 0 spiro atoms. The van der Waals surface area contributed by atoms with E-state index in [1.807, 2.05) is 18.7 Å². The van der Waals surface area contributed by atoms with Crippen molar-refractivity contribution in [2.24, 2.45) is 0 Å². The van der Waals surface area contributed by atoms with Crippen LogP contribution in [0.1, 0.15) is 50.4 Å². The molecule has 0 bridgehead atoms. The number of nitrogens with zero attached hydrogens (tertiary/aromatic N) is 3. The molecule has 0 amide bonds. The molecular weight excluding hydrogens is 347 g/mol. The largest absolute Gasteiger partial charge is 0.359 e. The lowest BCUT2D eigenvalue weighted by Crippen LogP contribution is -2.25. The molecule has 1 unspecified atom stereocenters. The molecule has 9 heteroatoms. The zero-order valence-corrected chi connectivity index (χ0v) is 15.2. The van der Waals surface area contributed by atoms with Crippen molar-refractivity contribution >= 4 is 15.7 Å². The molecular formula is C16H21FN4O3S. The highest BCUT2D eigenvalue weighted by molar-refractivity contribution is 7.89. The summed E-state index contributed by atoms with van der Waals surface area (Å²) >= 11 is 0. The first-order valence-electron chi connectivity index (χ1n) is 8.16. The second-order valence-electron chi connectivity index (χ2n) is 6.32. The quantitative estimate of drug-likeness (QED) is 0.873. The molecule has 0 saturated carbocycles. The van der Waals surface area contributed by atoms with Crippen molar-refractivity contribution in [3.8, 4) is 0 Å². The Bertz CT molecular complexity index is 866. The Hall–Kier alpha value is -2.00. The van der Waals surface area contributed by atoms with Gasteiger partial charge in [0.2, 0.25) is 15.9 Å². The first kappa shape index (κ1) is 17.8. The number of hydrogen-bond donors (Lipinski definition) is 1. The Morgan fingerprint density at radius 1 is 1.40 bits per heavy atom. The van der Waals surface area contributed by atoms with E-state index in [4.69, 9.17) is 4.52 Å². The Balaban J connectivity index is 1.92. The molecule has 1 aliphatic heterocycles. The highest BCUT2D eigenvalue weighted by Gasteiger charge is 2.32. The topological polar surface area (TPSA) is 88.3 Å². The van der Waals surface area contributed by atoms with Crippen molar-refractivity contribution in [3.63, 3.8) is 0 Å². The number of anilines is 1. The summed E-state index contributed by atoms with van der Waals surface area (Å²) in [7, 11) is -2.39. The van der Waals surface area contributed by atoms with Gasteiger partial charge in [-0.05, 0) is 38.1 Å². The Morgan fingerprint density at radius 3 is 2.76 bits per heavy atom. The van der Waals surface area contributed by atoms with Crippen LogP contribution in [0.3, 0.4) is 0 Å². The molecule has 0 aliphatic carbocycles. The molecule has 3 rings (SSSR count). The number of benzene rings is 1. The average molecular weight is 368 g/mol. The van der Waals surface area contributed by atoms with Crippen LogP contribution in [0.2, 0.25) is 0 Å². The van der Waals surface area contributed by atoms with Crippen LogP contribution in [0.15, 0.2) is 27.6 Å². The van der Waals surface area contributed by atoms with Crippen molar-refractivity contribution in [1.82, 2.24) is 14.9 Å². The molecule has 136 valence electrons. The van der Waals surface area contributed by atoms with E-state index in [0.717, 1.165) is 18.9 Å². The molecule has 1 aliphatic rings. The fourth-order valence-electron chi connectivity index (χ4n) is 2.95. The van der Waals surface area contributed by atoms with Gasteiger partial charge < -0.3 is 9.42 Å². The van der Waals surface area contributed by atoms with Gasteiger partial charge in [-0.2, -0.15) is 4.98 Å². The van der Waals surface area contributed by atoms with Crippen molar-refractivity contribution in [2.75, 3.05) is 18.5 Å². The standard InChI is InChI=1S/C16H21FN4O3S/c1-10(2)16-19-15(20-24-16)14-5-4-8-21(14)13-7-6-11(9-12(13)17)25(22,23)18-3/h6-7,9-10,14,18H,4-5,8H2,1-3H3. The minimum Gasteiger partial charge on any atom is -0.359 e. The SMILES string of the molecule is CNS(=O)(=O)c1ccc(N2CCCC2c2noc(C(C)C)n2)c(F)c1. The molecule has 2 aromatic rings. The predicted molar refractivity (Wildman–Crippen MR) is 90.4 cm³/mol. The van der Waals surface area contributed by atoms with Crippen LogP contribution in [0.4, 0.5) is 10.1 Å². The first-order chi connectivity index (χ1) is 11.8. The van der Waals surface area contributed by atoms with E-state index in [2.05, 4.69) is 14.9 Å². The molecule has 1 aromatic heterocycles. The van der Waals surface area contributed by atoms with Gasteiger partial charge in [0.1, 0.15) is 5.82 Å². The lowest BCUT2D eigenvalue weighted by molar-refractivity contribution is 0.358. The van der Waals surface area contributed by atoms with E-state index in [1.165, 1.54) is 19.2 Å². The highest BCUT2D eigenvalue weighted by Crippen LogP contribution is 2.37. The summed E-state index contributed by atoms with van der Waals surface area (Å²) in [5, 5.41) is 4.04. The van der Waals surface area contributed by atoms with Gasteiger partial charge in [-0.1, -0.05) is 19.0 Å². The maximum atomic E-state index is 14.6. The zero-order valence-electron chi connectivity index (χ0n) is 14.4. The molecule has 2 heterocycles. The number of aromatic nitrogens is 2. The molecule has 1 N–H and O–H groups in total. The summed E-state index contributed by atoms with van der Waals surface area (Å²) in [5.41, 5.74) is 0.341. The van der Waals surface area contributed by atoms with Gasteiger partial charge in [-0.15, -0.1) is 0 Å². The Labute approximate surface area is 146 Å². The number of hydrogen-bond acceptors (Lipinski definition) is 6. The lowest BCUT2D eigenvalue weighted by atomic mass is 10.2. The Morgan fingerprint density at radius 2 is 2.16 bits per heavy atom. The van der Waals surface area contributed by atoms with Crippen LogP contribution >= 0.6 is 0 Å². The van der Waals surface area contributed by atoms with Gasteiger partial charge in [0.25, 0.3) is 0 Å². The van der Waals surface area contributed by atoms with Crippen LogP contribution in [-0.4, -0.2) is 32.2 Å². The molecule has 1 aromatic carbocycles. The fourth-order valence-corrected chi connectivity index (χ4v) is 3.69. The summed E-state index contributed by atoms with van der Waals surface area (Å²) in [6.45, 7) is 4.57. The van der Waals surface area contributed by atoms with E-state index < -0.39 is 15.8 Å². The first-order valence-corrected chi connectivity index (χ1v) is 9.65. The molecule has 1 atom stereocenters. The van der Waals surface area contributed by atoms with Crippen LogP contribution in [0.25, 0.3) is 0 Å². The van der Waals surface area contributed by atoms with Crippen LogP contribution in [0.5, 0.6) is 0 Å². The molecule has 1 saturated heterocycles. The van der Waals surface area contributed by atoms with E-state index in [1.54, 1.807) is 0 Å². The summed E-state index contributed by atoms with van der Waals surface area (Å²) in [6.07, 6.45) is 1.65. The maximum Gasteiger partial charge on any atom is 0.240 e. The fraction of sp³-hybridized carbons (Fsp3) is 0.500. The van der Waals surface area contributed by atoms with E-state index >= 15 is 0 Å². The third kappa shape index (κ3) is 3.38. The Kier molecular flexibility index (Phi) is 4.79. The highest BCUT2D eigenvalue weighted by atomic mass is 32.2. The molecule has 25 heavy (non-hydrogen) atoms. The van der Waals surface area contributed by atoms with Gasteiger partial charge in [-0.25, -0.2) is 17.5 Å². The third-order valence-electron chi connectivity index (χ3n) is 4.31. The van der Waals surface area contributed by atoms with Crippen LogP contribution in [-0.2, 0) is 10.0 Å². The van der Waals surface area contributed by atoms with E-state index in [9.17, 15) is 12.8 Å². The van der Waals surface area contributed by atoms with Crippen LogP contribution < -0.4 is 9.62 Å². The number of rotatable bonds is 5. The van der Waals surface area contributed by atoms with E-state index in [-0.39, 0.29) is 16.9 Å². The molecule has 0 radical (unpaired) electrons. The summed E-state index contributed by atoms with van der Waals surface area (Å²) < 4.78 is 45.7. The normalized spacial score (nSPS) is 18.3. The van der Waals surface area contributed by atoms with Crippen molar-refractivity contribution in [3.05, 3.63) is 35.7 Å². The summed E-state index contributed by atoms with van der Waals surface area (Å²) in [6, 6.07) is 3.74. The monoisotopic (exact) mass is 368 g/mol. The van der Waals surface area contributed by atoms with Crippen LogP contribution in [0, 0.1) is 5.82 Å². The zero-order chi connectivity index (χ0) is 18.2. The van der Waals surface area contributed by atoms with Crippen molar-refractivity contribution in [1.29, 1.82) is 0 Å². The minimum atomic E-state index is -3.68. The van der Waals surface area contributed by atoms with E-state index in [0.29, 0.717) is 23.9 Å². The van der Waals surface area contributed by atoms with Gasteiger partial charge in [-0.3, -0.25) is 0 Å². The minimum absolute atomic E-state index is 0.103. The lowest BCUT2D eigenvalue weighted by Gasteiger charge is -2.25. The smallest absolute Gasteiger partial charge is 0.240 e. The van der Waals surface area contributed by atoms with Gasteiger partial charge in [0.05, 0.1) is 16.6 Å². The second-order valence-corrected chi connectivity index (χ2v) is 8.20. The van der Waals surface area contributed by atoms with Crippen molar-refractivity contribution in [2.45, 2.75) is 43.5 Å². The summed E-state index contributed by atoms with van der Waals surface area (Å²) in [4.78, 5) is 6.18. The number of nitrogens with one attached hydrogen (secondary N) is 1. The average Bonchev–Trinajstić information content (AvgIpc) is 3.23. The maximum absolute atomic E-state index is 14.6. The van der Waals surface area contributed by atoms with Gasteiger partial charge >= 0.3 is 0 Å². The molecule has 1 fully saturated rings. The van der Waals surface area contributed by atoms with Crippen molar-refractivity contribution < 1.29 is 17.3 Å². The van der Waals surface area contributed by atoms with Gasteiger partial charge in [0, 0.05) is 12.5 Å². The molecule has 7 nitrogen and oxygen atoms in total. The summed E-state index contributed by atoms with van der Waals surface area (Å²) in [5.74, 6) is 0.625. The predicted octanol–water partition coefficient (Wildman–Crippen LogP) is 2.58.